The van der Waals surface area contributed by atoms with Crippen LogP contribution in [0.5, 0.6) is 5.75 Å². The molecule has 2 heterocycles. The molecule has 2 aromatic heterocycles. The van der Waals surface area contributed by atoms with E-state index in [9.17, 15) is 5.11 Å². The molecule has 0 fully saturated rings. The molecule has 3 nitrogen and oxygen atoms in total. The Hall–Kier alpha value is -2.29. The summed E-state index contributed by atoms with van der Waals surface area (Å²) < 4.78 is 2.17. The Bertz CT molecular complexity index is 709. The molecule has 0 amide bonds. The van der Waals surface area contributed by atoms with Crippen LogP contribution in [0.15, 0.2) is 42.6 Å². The number of nitrogens with zero attached hydrogens (tertiary/aromatic N) is 2. The highest BCUT2D eigenvalue weighted by Crippen LogP contribution is 2.29. The average Bonchev–Trinajstić information content (AvgIpc) is 2.71. The highest BCUT2D eigenvalue weighted by atomic mass is 16.3. The topological polar surface area (TPSA) is 38.0 Å². The third kappa shape index (κ3) is 1.48. The van der Waals surface area contributed by atoms with Crippen molar-refractivity contribution in [2.45, 2.75) is 13.8 Å². The van der Waals surface area contributed by atoms with Crippen molar-refractivity contribution >= 4 is 10.9 Å². The van der Waals surface area contributed by atoms with Gasteiger partial charge in [-0.25, -0.2) is 0 Å². The molecule has 3 rings (SSSR count). The van der Waals surface area contributed by atoms with Crippen molar-refractivity contribution in [2.75, 3.05) is 0 Å². The van der Waals surface area contributed by atoms with E-state index in [2.05, 4.69) is 35.5 Å². The quantitative estimate of drug-likeness (QED) is 0.706. The number of rotatable bonds is 1. The smallest absolute Gasteiger partial charge is 0.141 e. The van der Waals surface area contributed by atoms with Crippen LogP contribution in [0.1, 0.15) is 11.4 Å². The Morgan fingerprint density at radius 3 is 2.44 bits per heavy atom. The number of aryl methyl sites for hydroxylation is 2. The molecule has 3 aromatic rings. The van der Waals surface area contributed by atoms with Crippen molar-refractivity contribution in [2.24, 2.45) is 0 Å². The minimum absolute atomic E-state index is 0.219. The minimum atomic E-state index is 0.219. The third-order valence-electron chi connectivity index (χ3n) is 3.24. The molecule has 90 valence electrons. The molecular formula is C15H14N2O. The summed E-state index contributed by atoms with van der Waals surface area (Å²) in [5.41, 5.74) is 4.03. The maximum atomic E-state index is 9.86. The van der Waals surface area contributed by atoms with Gasteiger partial charge in [0, 0.05) is 23.0 Å². The Morgan fingerprint density at radius 2 is 1.72 bits per heavy atom. The number of aromatic hydroxyl groups is 1. The predicted molar refractivity (Wildman–Crippen MR) is 72.2 cm³/mol. The first-order chi connectivity index (χ1) is 8.68. The summed E-state index contributed by atoms with van der Waals surface area (Å²) in [5, 5.41) is 10.8. The second-order valence-corrected chi connectivity index (χ2v) is 4.45. The maximum Gasteiger partial charge on any atom is 0.141 e. The lowest BCUT2D eigenvalue weighted by molar-refractivity contribution is 0.480. The van der Waals surface area contributed by atoms with Crippen LogP contribution in [-0.4, -0.2) is 14.7 Å². The molecule has 0 aliphatic rings. The normalized spacial score (nSPS) is 11.0. The van der Waals surface area contributed by atoms with Gasteiger partial charge in [0.05, 0.1) is 5.69 Å². The number of benzene rings is 1. The van der Waals surface area contributed by atoms with Gasteiger partial charge >= 0.3 is 0 Å². The van der Waals surface area contributed by atoms with E-state index >= 15 is 0 Å². The van der Waals surface area contributed by atoms with E-state index in [1.54, 1.807) is 12.3 Å². The van der Waals surface area contributed by atoms with Crippen LogP contribution in [0.3, 0.4) is 0 Å². The molecule has 0 saturated carbocycles. The first kappa shape index (κ1) is 10.8. The second-order valence-electron chi connectivity index (χ2n) is 4.45. The van der Waals surface area contributed by atoms with Crippen molar-refractivity contribution in [1.82, 2.24) is 9.55 Å². The number of aromatic nitrogens is 2. The maximum absolute atomic E-state index is 9.86. The molecule has 18 heavy (non-hydrogen) atoms. The van der Waals surface area contributed by atoms with Crippen LogP contribution in [0.2, 0.25) is 0 Å². The summed E-state index contributed by atoms with van der Waals surface area (Å²) in [6.07, 6.45) is 1.70. The molecule has 3 heteroatoms. The standard InChI is InChI=1S/C15H14N2O/c1-10-5-6-11(2)17(10)13-7-8-14(18)15-12(13)4-3-9-16-15/h3-9,18H,1-2H3. The zero-order chi connectivity index (χ0) is 12.7. The van der Waals surface area contributed by atoms with Gasteiger partial charge in [0.25, 0.3) is 0 Å². The van der Waals surface area contributed by atoms with Crippen molar-refractivity contribution in [3.63, 3.8) is 0 Å². The van der Waals surface area contributed by atoms with Gasteiger partial charge in [-0.2, -0.15) is 0 Å². The molecule has 0 radical (unpaired) electrons. The third-order valence-corrected chi connectivity index (χ3v) is 3.24. The molecule has 0 spiro atoms. The van der Waals surface area contributed by atoms with E-state index in [0.717, 1.165) is 11.1 Å². The summed E-state index contributed by atoms with van der Waals surface area (Å²) in [4.78, 5) is 4.25. The lowest BCUT2D eigenvalue weighted by atomic mass is 10.1. The van der Waals surface area contributed by atoms with Gasteiger partial charge < -0.3 is 9.67 Å². The van der Waals surface area contributed by atoms with Gasteiger partial charge in [0.2, 0.25) is 0 Å². The molecule has 0 unspecified atom stereocenters. The van der Waals surface area contributed by atoms with Crippen LogP contribution < -0.4 is 0 Å². The Kier molecular flexibility index (Phi) is 2.33. The van der Waals surface area contributed by atoms with Crippen molar-refractivity contribution in [1.29, 1.82) is 0 Å². The molecular weight excluding hydrogens is 224 g/mol. The summed E-state index contributed by atoms with van der Waals surface area (Å²) in [7, 11) is 0. The average molecular weight is 238 g/mol. The summed E-state index contributed by atoms with van der Waals surface area (Å²) in [5.74, 6) is 0.219. The number of fused-ring (bicyclic) bond motifs is 1. The number of pyridine rings is 1. The molecule has 0 aliphatic heterocycles. The summed E-state index contributed by atoms with van der Waals surface area (Å²) in [6.45, 7) is 4.14. The van der Waals surface area contributed by atoms with E-state index in [4.69, 9.17) is 0 Å². The van der Waals surface area contributed by atoms with E-state index in [0.29, 0.717) is 5.52 Å². The minimum Gasteiger partial charge on any atom is -0.506 e. The van der Waals surface area contributed by atoms with Gasteiger partial charge in [-0.3, -0.25) is 4.98 Å². The van der Waals surface area contributed by atoms with Crippen molar-refractivity contribution in [3.05, 3.63) is 54.0 Å². The van der Waals surface area contributed by atoms with E-state index in [1.165, 1.54) is 11.4 Å². The van der Waals surface area contributed by atoms with Crippen LogP contribution in [0.4, 0.5) is 0 Å². The highest BCUT2D eigenvalue weighted by molar-refractivity contribution is 5.91. The number of phenols is 1. The largest absolute Gasteiger partial charge is 0.506 e. The SMILES string of the molecule is Cc1ccc(C)n1-c1ccc(O)c2ncccc12. The van der Waals surface area contributed by atoms with Crippen molar-refractivity contribution < 1.29 is 5.11 Å². The van der Waals surface area contributed by atoms with E-state index < -0.39 is 0 Å². The molecule has 1 N–H and O–H groups in total. The van der Waals surface area contributed by atoms with Crippen LogP contribution >= 0.6 is 0 Å². The highest BCUT2D eigenvalue weighted by Gasteiger charge is 2.10. The van der Waals surface area contributed by atoms with Crippen LogP contribution in [0, 0.1) is 13.8 Å². The summed E-state index contributed by atoms with van der Waals surface area (Å²) >= 11 is 0. The Morgan fingerprint density at radius 1 is 1.00 bits per heavy atom. The molecule has 0 saturated heterocycles. The molecule has 0 bridgehead atoms. The molecule has 0 aliphatic carbocycles. The van der Waals surface area contributed by atoms with Gasteiger partial charge in [-0.05, 0) is 50.2 Å². The molecule has 0 atom stereocenters. The monoisotopic (exact) mass is 238 g/mol. The lowest BCUT2D eigenvalue weighted by Crippen LogP contribution is -2.00. The molecule has 1 aromatic carbocycles. The fraction of sp³-hybridized carbons (Fsp3) is 0.133. The lowest BCUT2D eigenvalue weighted by Gasteiger charge is -2.12. The fourth-order valence-corrected chi connectivity index (χ4v) is 2.39. The Labute approximate surface area is 105 Å². The predicted octanol–water partition coefficient (Wildman–Crippen LogP) is 3.35. The van der Waals surface area contributed by atoms with E-state index in [1.807, 2.05) is 18.2 Å². The first-order valence-corrected chi connectivity index (χ1v) is 5.90. The number of phenolic OH excluding ortho intramolecular Hbond substituents is 1. The first-order valence-electron chi connectivity index (χ1n) is 5.90. The Balaban J connectivity index is 2.41. The second kappa shape index (κ2) is 3.88. The van der Waals surface area contributed by atoms with Crippen LogP contribution in [0.25, 0.3) is 16.6 Å². The van der Waals surface area contributed by atoms with Gasteiger partial charge in [0.15, 0.2) is 0 Å². The fourth-order valence-electron chi connectivity index (χ4n) is 2.39. The van der Waals surface area contributed by atoms with Gasteiger partial charge in [0.1, 0.15) is 11.3 Å². The van der Waals surface area contributed by atoms with Gasteiger partial charge in [-0.1, -0.05) is 0 Å². The zero-order valence-corrected chi connectivity index (χ0v) is 10.4. The number of hydrogen-bond donors (Lipinski definition) is 1. The van der Waals surface area contributed by atoms with Gasteiger partial charge in [-0.15, -0.1) is 0 Å². The number of hydrogen-bond acceptors (Lipinski definition) is 2. The van der Waals surface area contributed by atoms with Crippen molar-refractivity contribution in [3.8, 4) is 11.4 Å². The summed E-state index contributed by atoms with van der Waals surface area (Å²) in [6, 6.07) is 11.7. The van der Waals surface area contributed by atoms with E-state index in [-0.39, 0.29) is 5.75 Å². The van der Waals surface area contributed by atoms with Crippen LogP contribution in [-0.2, 0) is 0 Å². The zero-order valence-electron chi connectivity index (χ0n) is 10.4.